The van der Waals surface area contributed by atoms with Gasteiger partial charge in [0.2, 0.25) is 12.1 Å². The number of fused-ring (bicyclic) bond motifs is 2. The van der Waals surface area contributed by atoms with Crippen LogP contribution in [0.3, 0.4) is 0 Å². The number of phenols is 1. The molecule has 0 unspecified atom stereocenters. The van der Waals surface area contributed by atoms with Crippen molar-refractivity contribution in [3.63, 3.8) is 0 Å². The van der Waals surface area contributed by atoms with E-state index >= 15 is 0 Å². The largest absolute Gasteiger partial charge is 0.507 e. The zero-order valence-electron chi connectivity index (χ0n) is 15.7. The number of aromatic hydroxyl groups is 1. The van der Waals surface area contributed by atoms with Gasteiger partial charge in [-0.3, -0.25) is 4.79 Å². The molecule has 0 spiro atoms. The molecule has 0 saturated carbocycles. The van der Waals surface area contributed by atoms with E-state index in [-0.39, 0.29) is 34.8 Å². The first-order valence-electron chi connectivity index (χ1n) is 8.57. The van der Waals surface area contributed by atoms with Crippen LogP contribution in [0.25, 0.3) is 0 Å². The smallest absolute Gasteiger partial charge is 0.331 e. The Morgan fingerprint density at radius 2 is 2.07 bits per heavy atom. The second-order valence-corrected chi connectivity index (χ2v) is 6.39. The summed E-state index contributed by atoms with van der Waals surface area (Å²) < 4.78 is 17.0. The molecule has 0 amide bonds. The lowest BCUT2D eigenvalue weighted by atomic mass is 9.96. The first-order chi connectivity index (χ1) is 13.3. The normalized spacial score (nSPS) is 15.9. The van der Waals surface area contributed by atoms with Gasteiger partial charge in [-0.1, -0.05) is 12.1 Å². The highest BCUT2D eigenvalue weighted by Gasteiger charge is 2.33. The number of ketones is 1. The number of carbonyl (C=O) groups is 2. The molecule has 1 aliphatic rings. The zero-order valence-corrected chi connectivity index (χ0v) is 15.7. The van der Waals surface area contributed by atoms with Crippen LogP contribution in [0.15, 0.2) is 42.0 Å². The average Bonchev–Trinajstić information content (AvgIpc) is 2.76. The number of carboxylic acids is 1. The van der Waals surface area contributed by atoms with Gasteiger partial charge in [0.25, 0.3) is 0 Å². The molecular weight excluding hydrogens is 364 g/mol. The molecule has 2 aromatic carbocycles. The van der Waals surface area contributed by atoms with E-state index in [9.17, 15) is 14.7 Å². The number of hydrogen-bond donors (Lipinski definition) is 2. The molecule has 3 rings (SSSR count). The molecule has 146 valence electrons. The topological polar surface area (TPSA) is 102 Å². The summed E-state index contributed by atoms with van der Waals surface area (Å²) in [5.41, 5.74) is 1.59. The van der Waals surface area contributed by atoms with Crippen LogP contribution < -0.4 is 9.47 Å². The summed E-state index contributed by atoms with van der Waals surface area (Å²) in [4.78, 5) is 24.0. The number of aryl methyl sites for hydroxylation is 1. The van der Waals surface area contributed by atoms with Crippen molar-refractivity contribution in [1.82, 2.24) is 0 Å². The van der Waals surface area contributed by atoms with E-state index in [1.54, 1.807) is 31.2 Å². The third-order valence-corrected chi connectivity index (χ3v) is 4.41. The van der Waals surface area contributed by atoms with Crippen LogP contribution in [0.2, 0.25) is 0 Å². The molecule has 0 aliphatic carbocycles. The quantitative estimate of drug-likeness (QED) is 0.762. The van der Waals surface area contributed by atoms with Gasteiger partial charge in [0, 0.05) is 18.2 Å². The van der Waals surface area contributed by atoms with E-state index in [4.69, 9.17) is 19.3 Å². The van der Waals surface area contributed by atoms with E-state index in [2.05, 4.69) is 0 Å². The number of carbonyl (C=O) groups excluding carboxylic acids is 1. The molecule has 0 fully saturated rings. The lowest BCUT2D eigenvalue weighted by Gasteiger charge is -2.20. The van der Waals surface area contributed by atoms with Gasteiger partial charge in [-0.2, -0.15) is 0 Å². The van der Waals surface area contributed by atoms with Crippen LogP contribution in [0.5, 0.6) is 17.2 Å². The number of aliphatic carboxylic acids is 1. The van der Waals surface area contributed by atoms with Crippen molar-refractivity contribution in [3.8, 4) is 17.2 Å². The molecule has 0 radical (unpaired) electrons. The van der Waals surface area contributed by atoms with Crippen LogP contribution in [-0.4, -0.2) is 35.7 Å². The first kappa shape index (κ1) is 19.4. The summed E-state index contributed by atoms with van der Waals surface area (Å²) in [6.07, 6.45) is 0.481. The highest BCUT2D eigenvalue weighted by molar-refractivity contribution is 6.14. The Kier molecular flexibility index (Phi) is 5.37. The van der Waals surface area contributed by atoms with Crippen molar-refractivity contribution in [3.05, 3.63) is 64.2 Å². The minimum absolute atomic E-state index is 0.00345. The molecule has 1 heterocycles. The van der Waals surface area contributed by atoms with Crippen molar-refractivity contribution in [2.75, 3.05) is 13.7 Å². The molecule has 1 aliphatic heterocycles. The highest BCUT2D eigenvalue weighted by Crippen LogP contribution is 2.42. The van der Waals surface area contributed by atoms with Gasteiger partial charge in [0.15, 0.2) is 0 Å². The second-order valence-electron chi connectivity index (χ2n) is 6.39. The SMILES string of the molecule is CO[C@@H]1Oc2cc(C)cc(O)c2C(=O)c2cccc(OC/C=C(\C)C(=O)O)c21. The minimum Gasteiger partial charge on any atom is -0.507 e. The fourth-order valence-corrected chi connectivity index (χ4v) is 2.99. The Balaban J connectivity index is 2.07. The van der Waals surface area contributed by atoms with E-state index < -0.39 is 18.0 Å². The minimum atomic E-state index is -1.04. The van der Waals surface area contributed by atoms with E-state index in [1.165, 1.54) is 26.2 Å². The van der Waals surface area contributed by atoms with Gasteiger partial charge in [0.05, 0.1) is 5.56 Å². The third-order valence-electron chi connectivity index (χ3n) is 4.41. The molecule has 2 aromatic rings. The Hall–Kier alpha value is -3.32. The fourth-order valence-electron chi connectivity index (χ4n) is 2.99. The number of phenolic OH excluding ortho intramolecular Hbond substituents is 1. The van der Waals surface area contributed by atoms with Crippen molar-refractivity contribution in [1.29, 1.82) is 0 Å². The number of ether oxygens (including phenoxy) is 3. The summed E-state index contributed by atoms with van der Waals surface area (Å²) in [5, 5.41) is 19.2. The molecule has 7 heteroatoms. The zero-order chi connectivity index (χ0) is 20.4. The molecule has 0 bridgehead atoms. The molecule has 0 aromatic heterocycles. The summed E-state index contributed by atoms with van der Waals surface area (Å²) >= 11 is 0. The molecule has 28 heavy (non-hydrogen) atoms. The highest BCUT2D eigenvalue weighted by atomic mass is 16.7. The van der Waals surface area contributed by atoms with Crippen molar-refractivity contribution in [2.24, 2.45) is 0 Å². The molecule has 0 saturated heterocycles. The number of carboxylic acid groups (broad SMARTS) is 1. The first-order valence-corrected chi connectivity index (χ1v) is 8.57. The molecule has 7 nitrogen and oxygen atoms in total. The second kappa shape index (κ2) is 7.74. The van der Waals surface area contributed by atoms with Crippen LogP contribution in [0.1, 0.15) is 40.3 Å². The number of benzene rings is 2. The predicted octanol–water partition coefficient (Wildman–Crippen LogP) is 3.38. The fraction of sp³-hybridized carbons (Fsp3) is 0.238. The van der Waals surface area contributed by atoms with Crippen molar-refractivity contribution in [2.45, 2.75) is 20.1 Å². The predicted molar refractivity (Wildman–Crippen MR) is 100.0 cm³/mol. The molecule has 1 atom stereocenters. The lowest BCUT2D eigenvalue weighted by Crippen LogP contribution is -2.13. The maximum absolute atomic E-state index is 13.1. The monoisotopic (exact) mass is 384 g/mol. The maximum atomic E-state index is 13.1. The lowest BCUT2D eigenvalue weighted by molar-refractivity contribution is -0.132. The van der Waals surface area contributed by atoms with Crippen LogP contribution in [-0.2, 0) is 9.53 Å². The van der Waals surface area contributed by atoms with Crippen molar-refractivity contribution < 1.29 is 34.0 Å². The summed E-state index contributed by atoms with van der Waals surface area (Å²) in [6.45, 7) is 3.24. The van der Waals surface area contributed by atoms with Crippen molar-refractivity contribution >= 4 is 11.8 Å². The molecular formula is C21H20O7. The van der Waals surface area contributed by atoms with Gasteiger partial charge >= 0.3 is 5.97 Å². The van der Waals surface area contributed by atoms with Gasteiger partial charge in [0.1, 0.15) is 29.4 Å². The maximum Gasteiger partial charge on any atom is 0.331 e. The Labute approximate surface area is 161 Å². The van der Waals surface area contributed by atoms with Crippen LogP contribution in [0.4, 0.5) is 0 Å². The summed E-state index contributed by atoms with van der Waals surface area (Å²) in [7, 11) is 1.44. The number of rotatable bonds is 5. The van der Waals surface area contributed by atoms with Gasteiger partial charge < -0.3 is 24.4 Å². The van der Waals surface area contributed by atoms with Gasteiger partial charge in [-0.05, 0) is 43.7 Å². The number of hydrogen-bond acceptors (Lipinski definition) is 6. The Morgan fingerprint density at radius 1 is 1.32 bits per heavy atom. The summed E-state index contributed by atoms with van der Waals surface area (Å²) in [5.74, 6) is -1.07. The summed E-state index contributed by atoms with van der Waals surface area (Å²) in [6, 6.07) is 8.04. The Morgan fingerprint density at radius 3 is 2.75 bits per heavy atom. The Bertz CT molecular complexity index is 975. The van der Waals surface area contributed by atoms with E-state index in [1.807, 2.05) is 0 Å². The van der Waals surface area contributed by atoms with Crippen LogP contribution >= 0.6 is 0 Å². The standard InChI is InChI=1S/C21H20O7/c1-11-9-14(22)18-16(10-11)28-21(26-3)17-13(19(18)23)5-4-6-15(17)27-8-7-12(2)20(24)25/h4-7,9-10,21-22H,8H2,1-3H3,(H,24,25)/b12-7+/t21-/m1/s1. The van der Waals surface area contributed by atoms with E-state index in [0.717, 1.165) is 5.56 Å². The molecule has 2 N–H and O–H groups in total. The van der Waals surface area contributed by atoms with Gasteiger partial charge in [-0.25, -0.2) is 4.79 Å². The van der Waals surface area contributed by atoms with E-state index in [0.29, 0.717) is 11.3 Å². The van der Waals surface area contributed by atoms with Gasteiger partial charge in [-0.15, -0.1) is 0 Å². The average molecular weight is 384 g/mol. The van der Waals surface area contributed by atoms with Crippen LogP contribution in [0, 0.1) is 6.92 Å². The third kappa shape index (κ3) is 3.57. The number of methoxy groups -OCH3 is 1.